The second-order valence-electron chi connectivity index (χ2n) is 8.79. The van der Waals surface area contributed by atoms with E-state index in [2.05, 4.69) is 26.1 Å². The number of hydrogen-bond acceptors (Lipinski definition) is 3. The number of anilines is 2. The summed E-state index contributed by atoms with van der Waals surface area (Å²) < 4.78 is 0.967. The summed E-state index contributed by atoms with van der Waals surface area (Å²) in [5, 5.41) is 4.94. The maximum atomic E-state index is 13.0. The Kier molecular flexibility index (Phi) is 6.55. The molecule has 0 aromatic heterocycles. The van der Waals surface area contributed by atoms with E-state index in [0.717, 1.165) is 50.8 Å². The van der Waals surface area contributed by atoms with Crippen molar-refractivity contribution in [3.05, 3.63) is 106 Å². The largest absolute Gasteiger partial charge is 0.368 e. The minimum atomic E-state index is -0.135. The molecule has 6 heteroatoms. The van der Waals surface area contributed by atoms with Gasteiger partial charge in [0.25, 0.3) is 11.8 Å². The second kappa shape index (κ2) is 9.92. The third-order valence-electron chi connectivity index (χ3n) is 6.47. The topological polar surface area (TPSA) is 52.7 Å². The summed E-state index contributed by atoms with van der Waals surface area (Å²) in [4.78, 5) is 30.0. The Labute approximate surface area is 213 Å². The van der Waals surface area contributed by atoms with Crippen LogP contribution in [0.1, 0.15) is 26.3 Å². The lowest BCUT2D eigenvalue weighted by atomic mass is 10.0. The molecule has 0 spiro atoms. The SMILES string of the molecule is Cc1ccc(C(=O)N2CCN(c3ccc(NC(=O)c4cccc5c(Br)cccc45)cc3)CC2)cc1. The van der Waals surface area contributed by atoms with Crippen LogP contribution < -0.4 is 10.2 Å². The van der Waals surface area contributed by atoms with Crippen LogP contribution in [-0.2, 0) is 0 Å². The zero-order chi connectivity index (χ0) is 24.4. The second-order valence-corrected chi connectivity index (χ2v) is 9.64. The predicted molar refractivity (Wildman–Crippen MR) is 145 cm³/mol. The van der Waals surface area contributed by atoms with Crippen LogP contribution in [0, 0.1) is 6.92 Å². The van der Waals surface area contributed by atoms with Crippen molar-refractivity contribution in [3.63, 3.8) is 0 Å². The van der Waals surface area contributed by atoms with Gasteiger partial charge < -0.3 is 15.1 Å². The number of piperazine rings is 1. The third-order valence-corrected chi connectivity index (χ3v) is 7.16. The van der Waals surface area contributed by atoms with Gasteiger partial charge in [0.05, 0.1) is 0 Å². The molecule has 1 aliphatic rings. The zero-order valence-electron chi connectivity index (χ0n) is 19.5. The smallest absolute Gasteiger partial charge is 0.256 e. The van der Waals surface area contributed by atoms with Gasteiger partial charge in [0, 0.05) is 53.2 Å². The van der Waals surface area contributed by atoms with Crippen LogP contribution in [0.4, 0.5) is 11.4 Å². The standard InChI is InChI=1S/C29H26BrN3O2/c1-20-8-10-21(11-9-20)29(35)33-18-16-32(17-19-33)23-14-12-22(13-15-23)31-28(34)26-6-2-5-25-24(26)4-3-7-27(25)30/h2-15H,16-19H2,1H3,(H,31,34). The van der Waals surface area contributed by atoms with Crippen molar-refractivity contribution in [1.82, 2.24) is 4.90 Å². The van der Waals surface area contributed by atoms with Gasteiger partial charge in [-0.3, -0.25) is 9.59 Å². The van der Waals surface area contributed by atoms with Crippen molar-refractivity contribution >= 4 is 49.9 Å². The summed E-state index contributed by atoms with van der Waals surface area (Å²) in [6, 6.07) is 27.3. The molecule has 5 rings (SSSR count). The van der Waals surface area contributed by atoms with Gasteiger partial charge in [-0.15, -0.1) is 0 Å². The first-order chi connectivity index (χ1) is 17.0. The van der Waals surface area contributed by atoms with Crippen molar-refractivity contribution in [3.8, 4) is 0 Å². The average Bonchev–Trinajstić information content (AvgIpc) is 2.89. The molecule has 0 bridgehead atoms. The molecule has 0 saturated carbocycles. The lowest BCUT2D eigenvalue weighted by Gasteiger charge is -2.36. The number of amides is 2. The van der Waals surface area contributed by atoms with Crippen molar-refractivity contribution in [1.29, 1.82) is 0 Å². The molecule has 4 aromatic rings. The molecule has 0 aliphatic carbocycles. The Morgan fingerprint density at radius 2 is 1.43 bits per heavy atom. The molecule has 4 aromatic carbocycles. The maximum Gasteiger partial charge on any atom is 0.256 e. The number of nitrogens with one attached hydrogen (secondary N) is 1. The minimum absolute atomic E-state index is 0.0863. The molecular weight excluding hydrogens is 502 g/mol. The fourth-order valence-corrected chi connectivity index (χ4v) is 4.97. The van der Waals surface area contributed by atoms with E-state index in [0.29, 0.717) is 18.7 Å². The highest BCUT2D eigenvalue weighted by Gasteiger charge is 2.22. The van der Waals surface area contributed by atoms with E-state index in [1.807, 2.05) is 96.8 Å². The van der Waals surface area contributed by atoms with Crippen LogP contribution in [-0.4, -0.2) is 42.9 Å². The zero-order valence-corrected chi connectivity index (χ0v) is 21.1. The lowest BCUT2D eigenvalue weighted by Crippen LogP contribution is -2.48. The van der Waals surface area contributed by atoms with E-state index in [9.17, 15) is 9.59 Å². The number of benzene rings is 4. The number of aryl methyl sites for hydroxylation is 1. The van der Waals surface area contributed by atoms with Gasteiger partial charge in [0.2, 0.25) is 0 Å². The summed E-state index contributed by atoms with van der Waals surface area (Å²) in [5.74, 6) is -0.0483. The molecule has 1 fully saturated rings. The first-order valence-corrected chi connectivity index (χ1v) is 12.5. The molecule has 5 nitrogen and oxygen atoms in total. The molecule has 1 heterocycles. The van der Waals surface area contributed by atoms with Crippen LogP contribution in [0.3, 0.4) is 0 Å². The summed E-state index contributed by atoms with van der Waals surface area (Å²) in [5.41, 5.74) is 4.36. The summed E-state index contributed by atoms with van der Waals surface area (Å²) in [6.45, 7) is 4.93. The normalized spacial score (nSPS) is 13.7. The average molecular weight is 528 g/mol. The van der Waals surface area contributed by atoms with E-state index >= 15 is 0 Å². The molecule has 2 amide bonds. The van der Waals surface area contributed by atoms with Gasteiger partial charge in [-0.25, -0.2) is 0 Å². The van der Waals surface area contributed by atoms with Crippen molar-refractivity contribution in [2.45, 2.75) is 6.92 Å². The van der Waals surface area contributed by atoms with Crippen LogP contribution in [0.5, 0.6) is 0 Å². The third kappa shape index (κ3) is 4.93. The molecule has 0 unspecified atom stereocenters. The number of hydrogen-bond donors (Lipinski definition) is 1. The fourth-order valence-electron chi connectivity index (χ4n) is 4.47. The number of carbonyl (C=O) groups is 2. The Morgan fingerprint density at radius 1 is 0.771 bits per heavy atom. The molecular formula is C29H26BrN3O2. The quantitative estimate of drug-likeness (QED) is 0.347. The number of rotatable bonds is 4. The van der Waals surface area contributed by atoms with Gasteiger partial charge in [-0.05, 0) is 66.2 Å². The summed E-state index contributed by atoms with van der Waals surface area (Å²) in [7, 11) is 0. The summed E-state index contributed by atoms with van der Waals surface area (Å²) >= 11 is 3.56. The molecule has 0 radical (unpaired) electrons. The molecule has 176 valence electrons. The van der Waals surface area contributed by atoms with E-state index in [4.69, 9.17) is 0 Å². The van der Waals surface area contributed by atoms with E-state index in [-0.39, 0.29) is 11.8 Å². The predicted octanol–water partition coefficient (Wildman–Crippen LogP) is 6.13. The van der Waals surface area contributed by atoms with E-state index in [1.54, 1.807) is 0 Å². The Bertz CT molecular complexity index is 1380. The first-order valence-electron chi connectivity index (χ1n) is 11.7. The highest BCUT2D eigenvalue weighted by Crippen LogP contribution is 2.27. The van der Waals surface area contributed by atoms with Crippen molar-refractivity contribution in [2.24, 2.45) is 0 Å². The van der Waals surface area contributed by atoms with E-state index < -0.39 is 0 Å². The first kappa shape index (κ1) is 23.1. The highest BCUT2D eigenvalue weighted by atomic mass is 79.9. The van der Waals surface area contributed by atoms with Crippen molar-refractivity contribution < 1.29 is 9.59 Å². The number of halogens is 1. The van der Waals surface area contributed by atoms with Crippen LogP contribution >= 0.6 is 15.9 Å². The van der Waals surface area contributed by atoms with E-state index in [1.165, 1.54) is 0 Å². The van der Waals surface area contributed by atoms with Gasteiger partial charge in [0.15, 0.2) is 0 Å². The number of fused-ring (bicyclic) bond motifs is 1. The monoisotopic (exact) mass is 527 g/mol. The van der Waals surface area contributed by atoms with Gasteiger partial charge in [-0.1, -0.05) is 57.9 Å². The maximum absolute atomic E-state index is 13.0. The Hall–Kier alpha value is -3.64. The summed E-state index contributed by atoms with van der Waals surface area (Å²) in [6.07, 6.45) is 0. The molecule has 1 aliphatic heterocycles. The van der Waals surface area contributed by atoms with Gasteiger partial charge in [-0.2, -0.15) is 0 Å². The number of carbonyl (C=O) groups excluding carboxylic acids is 2. The number of nitrogens with zero attached hydrogens (tertiary/aromatic N) is 2. The molecule has 35 heavy (non-hydrogen) atoms. The molecule has 1 saturated heterocycles. The van der Waals surface area contributed by atoms with Gasteiger partial charge >= 0.3 is 0 Å². The van der Waals surface area contributed by atoms with Gasteiger partial charge in [0.1, 0.15) is 0 Å². The Morgan fingerprint density at radius 3 is 2.14 bits per heavy atom. The van der Waals surface area contributed by atoms with Crippen LogP contribution in [0.2, 0.25) is 0 Å². The lowest BCUT2D eigenvalue weighted by molar-refractivity contribution is 0.0746. The molecule has 0 atom stereocenters. The fraction of sp³-hybridized carbons (Fsp3) is 0.172. The Balaban J connectivity index is 1.21. The molecule has 1 N–H and O–H groups in total. The van der Waals surface area contributed by atoms with Crippen LogP contribution in [0.15, 0.2) is 89.4 Å². The van der Waals surface area contributed by atoms with Crippen molar-refractivity contribution in [2.75, 3.05) is 36.4 Å². The minimum Gasteiger partial charge on any atom is -0.368 e. The highest BCUT2D eigenvalue weighted by molar-refractivity contribution is 9.10. The van der Waals surface area contributed by atoms with Crippen LogP contribution in [0.25, 0.3) is 10.8 Å².